The van der Waals surface area contributed by atoms with Gasteiger partial charge in [0.15, 0.2) is 0 Å². The fraction of sp³-hybridized carbons (Fsp3) is 0.778. The average Bonchev–Trinajstić information content (AvgIpc) is 2.08. The highest BCUT2D eigenvalue weighted by Gasteiger charge is 2.31. The summed E-state index contributed by atoms with van der Waals surface area (Å²) in [5.74, 6) is -0.469. The Hall–Kier alpha value is -0.680. The maximum Gasteiger partial charge on any atom is 0.229 e. The van der Waals surface area contributed by atoms with Gasteiger partial charge in [-0.3, -0.25) is 4.79 Å². The number of rotatable bonds is 4. The molecule has 5 heteroatoms. The van der Waals surface area contributed by atoms with Crippen LogP contribution in [-0.2, 0) is 9.53 Å². The Labute approximate surface area is 89.2 Å². The fourth-order valence-corrected chi connectivity index (χ4v) is 1.44. The molecule has 1 amide bonds. The first-order valence-corrected chi connectivity index (χ1v) is 5.08. The lowest BCUT2D eigenvalue weighted by atomic mass is 9.89. The Balaban J connectivity index is 2.26. The highest BCUT2D eigenvalue weighted by atomic mass is 32.1. The molecule has 0 aromatic heterocycles. The molecule has 0 spiro atoms. The van der Waals surface area contributed by atoms with E-state index < -0.39 is 0 Å². The molecular formula is C9H16N2O2S. The van der Waals surface area contributed by atoms with Gasteiger partial charge >= 0.3 is 0 Å². The first-order valence-electron chi connectivity index (χ1n) is 4.67. The number of ether oxygens (including phenoxy) is 1. The largest absolute Gasteiger partial charge is 0.393 e. The number of nitrogens with two attached hydrogens (primary N) is 1. The first kappa shape index (κ1) is 11.4. The topological polar surface area (TPSA) is 64.3 Å². The van der Waals surface area contributed by atoms with E-state index in [0.717, 1.165) is 12.8 Å². The molecule has 0 bridgehead atoms. The Bertz CT molecular complexity index is 239. The Morgan fingerprint density at radius 3 is 2.64 bits per heavy atom. The third-order valence-electron chi connectivity index (χ3n) is 2.59. The molecule has 1 fully saturated rings. The molecular weight excluding hydrogens is 200 g/mol. The molecule has 3 N–H and O–H groups in total. The van der Waals surface area contributed by atoms with Gasteiger partial charge in [0.1, 0.15) is 0 Å². The van der Waals surface area contributed by atoms with Crippen LogP contribution in [0.3, 0.4) is 0 Å². The Morgan fingerprint density at radius 1 is 1.64 bits per heavy atom. The minimum Gasteiger partial charge on any atom is -0.393 e. The summed E-state index contributed by atoms with van der Waals surface area (Å²) in [6.45, 7) is 1.71. The molecule has 1 aliphatic rings. The minimum atomic E-state index is -0.383. The van der Waals surface area contributed by atoms with Crippen molar-refractivity contribution in [2.75, 3.05) is 7.11 Å². The van der Waals surface area contributed by atoms with Gasteiger partial charge in [-0.2, -0.15) is 0 Å². The number of thiocarbonyl (C=S) groups is 1. The van der Waals surface area contributed by atoms with E-state index >= 15 is 0 Å². The second-order valence-corrected chi connectivity index (χ2v) is 4.13. The van der Waals surface area contributed by atoms with E-state index in [1.807, 2.05) is 0 Å². The maximum atomic E-state index is 11.5. The van der Waals surface area contributed by atoms with Crippen molar-refractivity contribution in [1.29, 1.82) is 0 Å². The number of methoxy groups -OCH3 is 1. The van der Waals surface area contributed by atoms with Crippen LogP contribution in [0, 0.1) is 5.92 Å². The molecule has 0 aromatic carbocycles. The summed E-state index contributed by atoms with van der Waals surface area (Å²) in [5, 5.41) is 2.88. The predicted octanol–water partition coefficient (Wildman–Crippen LogP) is 0.202. The molecule has 0 heterocycles. The van der Waals surface area contributed by atoms with Crippen LogP contribution >= 0.6 is 12.2 Å². The smallest absolute Gasteiger partial charge is 0.229 e. The maximum absolute atomic E-state index is 11.5. The summed E-state index contributed by atoms with van der Waals surface area (Å²) in [6, 6.07) is 0.226. The van der Waals surface area contributed by atoms with Crippen LogP contribution in [0.2, 0.25) is 0 Å². The zero-order valence-corrected chi connectivity index (χ0v) is 9.26. The van der Waals surface area contributed by atoms with Crippen molar-refractivity contribution in [3.63, 3.8) is 0 Å². The fourth-order valence-electron chi connectivity index (χ4n) is 1.33. The van der Waals surface area contributed by atoms with E-state index in [4.69, 9.17) is 22.7 Å². The third kappa shape index (κ3) is 2.65. The van der Waals surface area contributed by atoms with Gasteiger partial charge in [0.2, 0.25) is 5.91 Å². The van der Waals surface area contributed by atoms with Gasteiger partial charge in [0.05, 0.1) is 17.0 Å². The summed E-state index contributed by atoms with van der Waals surface area (Å²) in [6.07, 6.45) is 2.05. The number of nitrogens with one attached hydrogen (secondary N) is 1. The number of hydrogen-bond acceptors (Lipinski definition) is 3. The second kappa shape index (κ2) is 4.70. The number of amides is 1. The van der Waals surface area contributed by atoms with Gasteiger partial charge in [-0.25, -0.2) is 0 Å². The van der Waals surface area contributed by atoms with Crippen molar-refractivity contribution in [2.24, 2.45) is 11.7 Å². The van der Waals surface area contributed by atoms with Gasteiger partial charge in [0, 0.05) is 13.2 Å². The number of hydrogen-bond donors (Lipinski definition) is 2. The van der Waals surface area contributed by atoms with Crippen LogP contribution < -0.4 is 11.1 Å². The molecule has 1 aliphatic carbocycles. The highest BCUT2D eigenvalue weighted by Crippen LogP contribution is 2.22. The van der Waals surface area contributed by atoms with Crippen molar-refractivity contribution in [3.8, 4) is 0 Å². The number of carbonyl (C=O) groups excluding carboxylic acids is 1. The number of carbonyl (C=O) groups is 1. The van der Waals surface area contributed by atoms with E-state index in [0.29, 0.717) is 6.10 Å². The summed E-state index contributed by atoms with van der Waals surface area (Å²) < 4.78 is 5.10. The van der Waals surface area contributed by atoms with Crippen molar-refractivity contribution < 1.29 is 9.53 Å². The molecule has 1 saturated carbocycles. The summed E-state index contributed by atoms with van der Waals surface area (Å²) in [7, 11) is 1.68. The molecule has 0 radical (unpaired) electrons. The molecule has 14 heavy (non-hydrogen) atoms. The quantitative estimate of drug-likeness (QED) is 0.659. The lowest BCUT2D eigenvalue weighted by molar-refractivity contribution is -0.124. The van der Waals surface area contributed by atoms with Crippen molar-refractivity contribution in [1.82, 2.24) is 5.32 Å². The highest BCUT2D eigenvalue weighted by molar-refractivity contribution is 7.80. The van der Waals surface area contributed by atoms with Crippen LogP contribution in [0.25, 0.3) is 0 Å². The summed E-state index contributed by atoms with van der Waals surface area (Å²) >= 11 is 4.74. The lowest BCUT2D eigenvalue weighted by Gasteiger charge is -2.35. The van der Waals surface area contributed by atoms with E-state index in [1.54, 1.807) is 14.0 Å². The van der Waals surface area contributed by atoms with Crippen molar-refractivity contribution >= 4 is 23.1 Å². The predicted molar refractivity (Wildman–Crippen MR) is 57.9 cm³/mol. The molecule has 4 nitrogen and oxygen atoms in total. The van der Waals surface area contributed by atoms with Crippen LogP contribution in [0.5, 0.6) is 0 Å². The van der Waals surface area contributed by atoms with Gasteiger partial charge < -0.3 is 15.8 Å². The molecule has 0 aliphatic heterocycles. The van der Waals surface area contributed by atoms with Gasteiger partial charge in [-0.05, 0) is 19.8 Å². The molecule has 1 atom stereocenters. The van der Waals surface area contributed by atoms with Crippen LogP contribution in [0.4, 0.5) is 0 Å². The zero-order valence-electron chi connectivity index (χ0n) is 8.45. The summed E-state index contributed by atoms with van der Waals surface area (Å²) in [4.78, 5) is 11.7. The molecule has 1 rings (SSSR count). The van der Waals surface area contributed by atoms with Gasteiger partial charge in [-0.1, -0.05) is 12.2 Å². The minimum absolute atomic E-state index is 0.0861. The Morgan fingerprint density at radius 2 is 2.21 bits per heavy atom. The van der Waals surface area contributed by atoms with Crippen molar-refractivity contribution in [3.05, 3.63) is 0 Å². The van der Waals surface area contributed by atoms with Crippen molar-refractivity contribution in [2.45, 2.75) is 31.9 Å². The van der Waals surface area contributed by atoms with Crippen LogP contribution in [0.15, 0.2) is 0 Å². The molecule has 0 saturated heterocycles. The van der Waals surface area contributed by atoms with E-state index in [9.17, 15) is 4.79 Å². The third-order valence-corrected chi connectivity index (χ3v) is 2.95. The van der Waals surface area contributed by atoms with E-state index in [2.05, 4.69) is 5.32 Å². The van der Waals surface area contributed by atoms with Crippen LogP contribution in [0.1, 0.15) is 19.8 Å². The summed E-state index contributed by atoms with van der Waals surface area (Å²) in [5.41, 5.74) is 5.37. The normalized spacial score (nSPS) is 27.6. The van der Waals surface area contributed by atoms with Crippen LogP contribution in [-0.4, -0.2) is 30.2 Å². The second-order valence-electron chi connectivity index (χ2n) is 3.66. The monoisotopic (exact) mass is 216 g/mol. The zero-order chi connectivity index (χ0) is 10.7. The lowest BCUT2D eigenvalue weighted by Crippen LogP contribution is -2.50. The molecule has 80 valence electrons. The average molecular weight is 216 g/mol. The SMILES string of the molecule is COC1CC(NC(=O)C(C)C(N)=S)C1. The Kier molecular flexibility index (Phi) is 3.83. The standard InChI is InChI=1S/C9H16N2O2S/c1-5(8(10)14)9(12)11-6-3-7(4-6)13-2/h5-7H,3-4H2,1-2H3,(H2,10,14)(H,11,12). The first-order chi connectivity index (χ1) is 6.54. The van der Waals surface area contributed by atoms with Gasteiger partial charge in [-0.15, -0.1) is 0 Å². The molecule has 0 aromatic rings. The van der Waals surface area contributed by atoms with E-state index in [-0.39, 0.29) is 22.9 Å². The molecule has 1 unspecified atom stereocenters. The van der Waals surface area contributed by atoms with E-state index in [1.165, 1.54) is 0 Å². The van der Waals surface area contributed by atoms with Gasteiger partial charge in [0.25, 0.3) is 0 Å².